The summed E-state index contributed by atoms with van der Waals surface area (Å²) in [4.78, 5) is 38.2. The first-order valence-electron chi connectivity index (χ1n) is 7.54. The van der Waals surface area contributed by atoms with Crippen molar-refractivity contribution in [3.05, 3.63) is 46.8 Å². The third kappa shape index (κ3) is 3.71. The number of hydrogen-bond donors (Lipinski definition) is 2. The van der Waals surface area contributed by atoms with E-state index in [-0.39, 0.29) is 24.1 Å². The molecule has 24 heavy (non-hydrogen) atoms. The molecule has 0 atom stereocenters. The maximum absolute atomic E-state index is 12.4. The van der Waals surface area contributed by atoms with Gasteiger partial charge in [-0.25, -0.2) is 0 Å². The second-order valence-electron chi connectivity index (χ2n) is 5.57. The van der Waals surface area contributed by atoms with Crippen molar-refractivity contribution in [3.63, 3.8) is 0 Å². The van der Waals surface area contributed by atoms with Crippen LogP contribution < -0.4 is 10.1 Å². The third-order valence-electron chi connectivity index (χ3n) is 3.62. The van der Waals surface area contributed by atoms with Gasteiger partial charge in [0.25, 0.3) is 0 Å². The van der Waals surface area contributed by atoms with Crippen molar-refractivity contribution in [2.45, 2.75) is 27.7 Å². The van der Waals surface area contributed by atoms with Gasteiger partial charge < -0.3 is 15.0 Å². The number of aromatic amines is 1. The standard InChI is InChI=1S/C18H20N2O4/c1-10-17(12(3)21)11(2)19-18(10)15(23)9-24-16-8-6-5-7-14(16)20-13(4)22/h5-8,19H,9H2,1-4H3,(H,20,22). The lowest BCUT2D eigenvalue weighted by molar-refractivity contribution is -0.114. The lowest BCUT2D eigenvalue weighted by Gasteiger charge is -2.11. The fourth-order valence-electron chi connectivity index (χ4n) is 2.66. The maximum atomic E-state index is 12.4. The SMILES string of the molecule is CC(=O)Nc1ccccc1OCC(=O)c1[nH]c(C)c(C(C)=O)c1C. The summed E-state index contributed by atoms with van der Waals surface area (Å²) in [5, 5.41) is 2.65. The van der Waals surface area contributed by atoms with Crippen LogP contribution in [0.4, 0.5) is 5.69 Å². The second kappa shape index (κ2) is 7.12. The van der Waals surface area contributed by atoms with Gasteiger partial charge in [-0.3, -0.25) is 14.4 Å². The molecule has 0 aliphatic carbocycles. The number of H-pyrrole nitrogens is 1. The van der Waals surface area contributed by atoms with Crippen LogP contribution in [0.25, 0.3) is 0 Å². The zero-order valence-electron chi connectivity index (χ0n) is 14.1. The van der Waals surface area contributed by atoms with Gasteiger partial charge in [0, 0.05) is 18.2 Å². The minimum Gasteiger partial charge on any atom is -0.483 e. The summed E-state index contributed by atoms with van der Waals surface area (Å²) in [5.41, 5.74) is 2.71. The molecule has 0 bridgehead atoms. The molecule has 126 valence electrons. The van der Waals surface area contributed by atoms with Crippen LogP contribution in [0.3, 0.4) is 0 Å². The monoisotopic (exact) mass is 328 g/mol. The summed E-state index contributed by atoms with van der Waals surface area (Å²) in [6.45, 7) is 6.16. The fourth-order valence-corrected chi connectivity index (χ4v) is 2.66. The molecule has 2 N–H and O–H groups in total. The van der Waals surface area contributed by atoms with Gasteiger partial charge in [0.15, 0.2) is 12.4 Å². The average Bonchev–Trinajstić information content (AvgIpc) is 2.80. The van der Waals surface area contributed by atoms with Gasteiger partial charge in [0.05, 0.1) is 11.4 Å². The van der Waals surface area contributed by atoms with Crippen LogP contribution in [0.2, 0.25) is 0 Å². The Morgan fingerprint density at radius 3 is 2.38 bits per heavy atom. The van der Waals surface area contributed by atoms with Crippen molar-refractivity contribution in [2.24, 2.45) is 0 Å². The van der Waals surface area contributed by atoms with Crippen molar-refractivity contribution in [1.82, 2.24) is 4.98 Å². The number of anilines is 1. The minimum atomic E-state index is -0.263. The molecule has 0 fully saturated rings. The topological polar surface area (TPSA) is 88.3 Å². The fraction of sp³-hybridized carbons (Fsp3) is 0.278. The molecule has 2 aromatic rings. The van der Waals surface area contributed by atoms with Crippen molar-refractivity contribution in [2.75, 3.05) is 11.9 Å². The number of rotatable bonds is 6. The summed E-state index contributed by atoms with van der Waals surface area (Å²) in [6, 6.07) is 6.88. The Kier molecular flexibility index (Phi) is 5.18. The molecule has 0 radical (unpaired) electrons. The van der Waals surface area contributed by atoms with Crippen molar-refractivity contribution in [1.29, 1.82) is 0 Å². The molecule has 0 aliphatic heterocycles. The van der Waals surface area contributed by atoms with Gasteiger partial charge >= 0.3 is 0 Å². The van der Waals surface area contributed by atoms with E-state index in [9.17, 15) is 14.4 Å². The number of hydrogen-bond acceptors (Lipinski definition) is 4. The van der Waals surface area contributed by atoms with Gasteiger partial charge in [-0.15, -0.1) is 0 Å². The number of nitrogens with one attached hydrogen (secondary N) is 2. The van der Waals surface area contributed by atoms with E-state index in [1.807, 2.05) is 0 Å². The normalized spacial score (nSPS) is 10.3. The van der Waals surface area contributed by atoms with Gasteiger partial charge in [0.2, 0.25) is 11.7 Å². The number of aromatic nitrogens is 1. The summed E-state index contributed by atoms with van der Waals surface area (Å²) in [5.74, 6) is -0.161. The summed E-state index contributed by atoms with van der Waals surface area (Å²) in [7, 11) is 0. The van der Waals surface area contributed by atoms with E-state index in [0.29, 0.717) is 34.0 Å². The molecule has 0 spiro atoms. The first-order chi connectivity index (χ1) is 11.3. The molecule has 0 unspecified atom stereocenters. The molecule has 0 saturated heterocycles. The van der Waals surface area contributed by atoms with Crippen LogP contribution in [0.1, 0.15) is 46.0 Å². The summed E-state index contributed by atoms with van der Waals surface area (Å²) in [6.07, 6.45) is 0. The van der Waals surface area contributed by atoms with E-state index in [4.69, 9.17) is 4.74 Å². The number of para-hydroxylation sites is 2. The van der Waals surface area contributed by atoms with Crippen LogP contribution in [-0.4, -0.2) is 29.1 Å². The zero-order chi connectivity index (χ0) is 17.9. The maximum Gasteiger partial charge on any atom is 0.221 e. The Bertz CT molecular complexity index is 805. The average molecular weight is 328 g/mol. The van der Waals surface area contributed by atoms with Crippen LogP contribution in [0, 0.1) is 13.8 Å². The molecule has 0 saturated carbocycles. The van der Waals surface area contributed by atoms with Gasteiger partial charge in [-0.2, -0.15) is 0 Å². The lowest BCUT2D eigenvalue weighted by atomic mass is 10.1. The minimum absolute atomic E-state index is 0.0859. The van der Waals surface area contributed by atoms with E-state index in [2.05, 4.69) is 10.3 Å². The Morgan fingerprint density at radius 1 is 1.12 bits per heavy atom. The van der Waals surface area contributed by atoms with Crippen molar-refractivity contribution >= 4 is 23.2 Å². The van der Waals surface area contributed by atoms with Crippen LogP contribution >= 0.6 is 0 Å². The molecule has 1 heterocycles. The Balaban J connectivity index is 2.16. The predicted molar refractivity (Wildman–Crippen MR) is 90.8 cm³/mol. The first-order valence-corrected chi connectivity index (χ1v) is 7.54. The number of carbonyl (C=O) groups excluding carboxylic acids is 3. The van der Waals surface area contributed by atoms with Gasteiger partial charge in [-0.05, 0) is 38.5 Å². The van der Waals surface area contributed by atoms with E-state index >= 15 is 0 Å². The van der Waals surface area contributed by atoms with Gasteiger partial charge in [0.1, 0.15) is 5.75 Å². The Hall–Kier alpha value is -2.89. The Morgan fingerprint density at radius 2 is 1.79 bits per heavy atom. The van der Waals surface area contributed by atoms with E-state index in [0.717, 1.165) is 0 Å². The molecule has 2 rings (SSSR count). The third-order valence-corrected chi connectivity index (χ3v) is 3.62. The van der Waals surface area contributed by atoms with Crippen molar-refractivity contribution in [3.8, 4) is 5.75 Å². The summed E-state index contributed by atoms with van der Waals surface area (Å²) >= 11 is 0. The number of Topliss-reactive ketones (excluding diaryl/α,β-unsaturated/α-hetero) is 2. The molecular weight excluding hydrogens is 308 g/mol. The number of aryl methyl sites for hydroxylation is 1. The second-order valence-corrected chi connectivity index (χ2v) is 5.57. The molecule has 6 nitrogen and oxygen atoms in total. The number of benzene rings is 1. The first kappa shape index (κ1) is 17.5. The van der Waals surface area contributed by atoms with Crippen molar-refractivity contribution < 1.29 is 19.1 Å². The summed E-state index contributed by atoms with van der Waals surface area (Å²) < 4.78 is 5.55. The van der Waals surface area contributed by atoms with E-state index < -0.39 is 0 Å². The predicted octanol–water partition coefficient (Wildman–Crippen LogP) is 3.05. The zero-order valence-corrected chi connectivity index (χ0v) is 14.1. The highest BCUT2D eigenvalue weighted by atomic mass is 16.5. The molecule has 1 aromatic heterocycles. The molecule has 1 aromatic carbocycles. The highest BCUT2D eigenvalue weighted by Gasteiger charge is 2.20. The van der Waals surface area contributed by atoms with Crippen LogP contribution in [0.5, 0.6) is 5.75 Å². The highest BCUT2D eigenvalue weighted by molar-refractivity contribution is 6.03. The smallest absolute Gasteiger partial charge is 0.221 e. The highest BCUT2D eigenvalue weighted by Crippen LogP contribution is 2.24. The Labute approximate surface area is 140 Å². The number of amides is 1. The number of ketones is 2. The quantitative estimate of drug-likeness (QED) is 0.798. The molecule has 0 aliphatic rings. The number of ether oxygens (including phenoxy) is 1. The number of carbonyl (C=O) groups is 3. The van der Waals surface area contributed by atoms with Crippen LogP contribution in [0.15, 0.2) is 24.3 Å². The molecule has 1 amide bonds. The van der Waals surface area contributed by atoms with E-state index in [1.165, 1.54) is 13.8 Å². The van der Waals surface area contributed by atoms with Gasteiger partial charge in [-0.1, -0.05) is 12.1 Å². The lowest BCUT2D eigenvalue weighted by Crippen LogP contribution is -2.15. The van der Waals surface area contributed by atoms with E-state index in [1.54, 1.807) is 38.1 Å². The largest absolute Gasteiger partial charge is 0.483 e. The molecule has 6 heteroatoms. The molecular formula is C18H20N2O4. The van der Waals surface area contributed by atoms with Crippen LogP contribution in [-0.2, 0) is 4.79 Å².